The molecule has 102 valence electrons. The minimum atomic E-state index is -3.87. The summed E-state index contributed by atoms with van der Waals surface area (Å²) < 4.78 is 28.0. The van der Waals surface area contributed by atoms with Crippen LogP contribution >= 0.6 is 27.5 Å². The molecule has 0 radical (unpaired) electrons. The van der Waals surface area contributed by atoms with E-state index in [2.05, 4.69) is 31.0 Å². The van der Waals surface area contributed by atoms with Crippen molar-refractivity contribution >= 4 is 48.9 Å². The van der Waals surface area contributed by atoms with E-state index in [0.29, 0.717) is 5.02 Å². The second kappa shape index (κ2) is 4.99. The summed E-state index contributed by atoms with van der Waals surface area (Å²) in [6.07, 6.45) is 0. The lowest BCUT2D eigenvalue weighted by Gasteiger charge is -2.10. The van der Waals surface area contributed by atoms with Crippen LogP contribution in [0.2, 0.25) is 5.02 Å². The van der Waals surface area contributed by atoms with Gasteiger partial charge >= 0.3 is 0 Å². The van der Waals surface area contributed by atoms with Crippen molar-refractivity contribution in [2.24, 2.45) is 7.05 Å². The van der Waals surface area contributed by atoms with E-state index in [9.17, 15) is 8.42 Å². The Bertz CT molecular complexity index is 711. The Kier molecular flexibility index (Phi) is 3.70. The molecule has 2 rings (SSSR count). The lowest BCUT2D eigenvalue weighted by Crippen LogP contribution is -2.18. The van der Waals surface area contributed by atoms with Crippen molar-refractivity contribution in [2.75, 3.05) is 10.5 Å². The van der Waals surface area contributed by atoms with Crippen molar-refractivity contribution in [3.63, 3.8) is 0 Å². The molecule has 3 N–H and O–H groups in total. The van der Waals surface area contributed by atoms with Gasteiger partial charge in [-0.2, -0.15) is 8.42 Å². The fourth-order valence-corrected chi connectivity index (χ4v) is 3.77. The second-order valence-electron chi connectivity index (χ2n) is 3.65. The quantitative estimate of drug-likeness (QED) is 0.803. The van der Waals surface area contributed by atoms with Crippen LogP contribution in [0, 0.1) is 0 Å². The van der Waals surface area contributed by atoms with E-state index in [1.165, 1.54) is 19.2 Å². The van der Waals surface area contributed by atoms with Gasteiger partial charge in [0.05, 0.1) is 11.4 Å². The molecule has 0 spiro atoms. The monoisotopic (exact) mass is 365 g/mol. The van der Waals surface area contributed by atoms with Gasteiger partial charge in [-0.25, -0.2) is 4.68 Å². The Morgan fingerprint density at radius 1 is 1.47 bits per heavy atom. The van der Waals surface area contributed by atoms with Gasteiger partial charge in [-0.15, -0.1) is 5.10 Å². The van der Waals surface area contributed by atoms with E-state index in [1.807, 2.05) is 0 Å². The molecule has 0 bridgehead atoms. The smallest absolute Gasteiger partial charge is 0.281 e. The highest BCUT2D eigenvalue weighted by Gasteiger charge is 2.24. The van der Waals surface area contributed by atoms with Gasteiger partial charge in [-0.1, -0.05) is 16.8 Å². The molecule has 0 fully saturated rings. The number of anilines is 2. The lowest BCUT2D eigenvalue weighted by atomic mass is 10.3. The highest BCUT2D eigenvalue weighted by Crippen LogP contribution is 2.27. The number of halogens is 2. The van der Waals surface area contributed by atoms with E-state index in [1.54, 1.807) is 6.07 Å². The molecule has 0 amide bonds. The summed E-state index contributed by atoms with van der Waals surface area (Å²) in [7, 11) is -2.40. The van der Waals surface area contributed by atoms with Crippen LogP contribution in [0.4, 0.5) is 11.4 Å². The number of hydrogen-bond acceptors (Lipinski definition) is 5. The summed E-state index contributed by atoms with van der Waals surface area (Å²) in [5.41, 5.74) is 6.15. The van der Waals surface area contributed by atoms with Gasteiger partial charge < -0.3 is 5.73 Å². The van der Waals surface area contributed by atoms with Crippen molar-refractivity contribution in [2.45, 2.75) is 5.03 Å². The van der Waals surface area contributed by atoms with Crippen LogP contribution < -0.4 is 10.5 Å². The van der Waals surface area contributed by atoms with Crippen molar-refractivity contribution in [3.8, 4) is 0 Å². The number of nitrogens with two attached hydrogens (primary N) is 1. The minimum Gasteiger partial charge on any atom is -0.397 e. The lowest BCUT2D eigenvalue weighted by molar-refractivity contribution is 0.578. The number of sulfonamides is 1. The van der Waals surface area contributed by atoms with Crippen molar-refractivity contribution in [3.05, 3.63) is 27.8 Å². The predicted molar refractivity (Wildman–Crippen MR) is 75.4 cm³/mol. The van der Waals surface area contributed by atoms with Gasteiger partial charge in [0.2, 0.25) is 5.03 Å². The predicted octanol–water partition coefficient (Wildman–Crippen LogP) is 1.61. The molecule has 0 aliphatic rings. The average molecular weight is 367 g/mol. The first-order valence-electron chi connectivity index (χ1n) is 4.94. The maximum absolute atomic E-state index is 12.2. The molecule has 7 nitrogen and oxygen atoms in total. The molecule has 0 unspecified atom stereocenters. The van der Waals surface area contributed by atoms with Gasteiger partial charge in [0.15, 0.2) is 4.60 Å². The fraction of sp³-hybridized carbons (Fsp3) is 0.111. The molecular formula is C9H9BrClN5O2S. The van der Waals surface area contributed by atoms with Crippen LogP contribution in [-0.4, -0.2) is 23.4 Å². The second-order valence-corrected chi connectivity index (χ2v) is 6.43. The van der Waals surface area contributed by atoms with Crippen LogP contribution in [0.1, 0.15) is 0 Å². The van der Waals surface area contributed by atoms with Gasteiger partial charge in [-0.05, 0) is 34.1 Å². The van der Waals surface area contributed by atoms with Gasteiger partial charge in [0.25, 0.3) is 10.0 Å². The molecule has 2 aromatic rings. The van der Waals surface area contributed by atoms with E-state index in [4.69, 9.17) is 17.3 Å². The highest BCUT2D eigenvalue weighted by molar-refractivity contribution is 9.10. The average Bonchev–Trinajstić information content (AvgIpc) is 2.64. The Morgan fingerprint density at radius 3 is 2.74 bits per heavy atom. The Hall–Kier alpha value is -1.32. The zero-order chi connectivity index (χ0) is 14.2. The molecule has 1 aromatic carbocycles. The normalized spacial score (nSPS) is 11.5. The molecule has 0 saturated heterocycles. The largest absolute Gasteiger partial charge is 0.397 e. The molecule has 0 atom stereocenters. The Labute approximate surface area is 122 Å². The number of rotatable bonds is 3. The van der Waals surface area contributed by atoms with Gasteiger partial charge in [-0.3, -0.25) is 4.72 Å². The molecule has 10 heteroatoms. The van der Waals surface area contributed by atoms with E-state index < -0.39 is 10.0 Å². The molecule has 1 aromatic heterocycles. The SMILES string of the molecule is Cn1nnc(Br)c1S(=O)(=O)Nc1cc(Cl)ccc1N. The van der Waals surface area contributed by atoms with E-state index in [-0.39, 0.29) is 21.0 Å². The van der Waals surface area contributed by atoms with Gasteiger partial charge in [0.1, 0.15) is 0 Å². The van der Waals surface area contributed by atoms with Crippen LogP contribution in [0.25, 0.3) is 0 Å². The van der Waals surface area contributed by atoms with Crippen molar-refractivity contribution in [1.82, 2.24) is 15.0 Å². The third-order valence-corrected chi connectivity index (χ3v) is 4.74. The molecule has 0 saturated carbocycles. The van der Waals surface area contributed by atoms with Gasteiger partial charge in [0, 0.05) is 12.1 Å². The summed E-state index contributed by atoms with van der Waals surface area (Å²) in [6, 6.07) is 4.50. The first-order chi connectivity index (χ1) is 8.81. The van der Waals surface area contributed by atoms with Crippen LogP contribution in [0.15, 0.2) is 27.8 Å². The van der Waals surface area contributed by atoms with Crippen LogP contribution in [0.5, 0.6) is 0 Å². The Morgan fingerprint density at radius 2 is 2.16 bits per heavy atom. The third kappa shape index (κ3) is 2.82. The molecule has 19 heavy (non-hydrogen) atoms. The summed E-state index contributed by atoms with van der Waals surface area (Å²) in [4.78, 5) is 0. The zero-order valence-corrected chi connectivity index (χ0v) is 12.8. The van der Waals surface area contributed by atoms with Crippen LogP contribution in [-0.2, 0) is 17.1 Å². The number of nitrogen functional groups attached to an aromatic ring is 1. The molecule has 0 aliphatic carbocycles. The number of hydrogen-bond donors (Lipinski definition) is 2. The minimum absolute atomic E-state index is 0.105. The first kappa shape index (κ1) is 14.1. The number of aryl methyl sites for hydroxylation is 1. The maximum Gasteiger partial charge on any atom is 0.281 e. The summed E-state index contributed by atoms with van der Waals surface area (Å²) >= 11 is 8.83. The van der Waals surface area contributed by atoms with E-state index in [0.717, 1.165) is 4.68 Å². The van der Waals surface area contributed by atoms with E-state index >= 15 is 0 Å². The zero-order valence-electron chi connectivity index (χ0n) is 9.63. The number of nitrogens with one attached hydrogen (secondary N) is 1. The standard InChI is InChI=1S/C9H9BrClN5O2S/c1-16-9(8(10)13-15-16)19(17,18)14-7-4-5(11)2-3-6(7)12/h2-4,14H,12H2,1H3. The number of aromatic nitrogens is 3. The molecular weight excluding hydrogens is 358 g/mol. The fourth-order valence-electron chi connectivity index (χ4n) is 1.42. The Balaban J connectivity index is 2.45. The summed E-state index contributed by atoms with van der Waals surface area (Å²) in [5.74, 6) is 0. The third-order valence-electron chi connectivity index (χ3n) is 2.25. The van der Waals surface area contributed by atoms with Crippen molar-refractivity contribution in [1.29, 1.82) is 0 Å². The maximum atomic E-state index is 12.2. The molecule has 1 heterocycles. The first-order valence-corrected chi connectivity index (χ1v) is 7.59. The number of benzene rings is 1. The molecule has 0 aliphatic heterocycles. The summed E-state index contributed by atoms with van der Waals surface area (Å²) in [6.45, 7) is 0. The topological polar surface area (TPSA) is 103 Å². The van der Waals surface area contributed by atoms with Crippen LogP contribution in [0.3, 0.4) is 0 Å². The highest BCUT2D eigenvalue weighted by atomic mass is 79.9. The summed E-state index contributed by atoms with van der Waals surface area (Å²) in [5, 5.41) is 7.49. The van der Waals surface area contributed by atoms with Crippen molar-refractivity contribution < 1.29 is 8.42 Å². The number of nitrogens with zero attached hydrogens (tertiary/aromatic N) is 3.